The van der Waals surface area contributed by atoms with E-state index in [0.29, 0.717) is 19.0 Å². The molecule has 2 aromatic heterocycles. The molecule has 0 bridgehead atoms. The molecule has 6 nitrogen and oxygen atoms in total. The van der Waals surface area contributed by atoms with Crippen LogP contribution in [0.3, 0.4) is 0 Å². The van der Waals surface area contributed by atoms with Crippen LogP contribution in [0.1, 0.15) is 10.8 Å². The molecule has 8 heteroatoms. The van der Waals surface area contributed by atoms with Crippen molar-refractivity contribution in [3.63, 3.8) is 0 Å². The second kappa shape index (κ2) is 7.15. The number of hydrogen-bond acceptors (Lipinski definition) is 6. The number of nitrogens with zero attached hydrogens (tertiary/aromatic N) is 3. The number of thioether (sulfide) groups is 1. The van der Waals surface area contributed by atoms with Crippen molar-refractivity contribution in [2.75, 3.05) is 13.3 Å². The minimum absolute atomic E-state index is 0.596. The maximum atomic E-state index is 5.24. The van der Waals surface area contributed by atoms with Crippen molar-refractivity contribution in [1.29, 1.82) is 0 Å². The summed E-state index contributed by atoms with van der Waals surface area (Å²) in [7, 11) is 1.73. The van der Waals surface area contributed by atoms with E-state index in [-0.39, 0.29) is 0 Å². The van der Waals surface area contributed by atoms with Crippen LogP contribution in [0, 0.1) is 0 Å². The molecule has 0 radical (unpaired) electrons. The van der Waals surface area contributed by atoms with Gasteiger partial charge in [0.1, 0.15) is 10.8 Å². The molecule has 19 heavy (non-hydrogen) atoms. The molecule has 0 spiro atoms. The topological polar surface area (TPSA) is 75.3 Å². The molecule has 0 aromatic carbocycles. The van der Waals surface area contributed by atoms with E-state index in [1.54, 1.807) is 36.4 Å². The summed E-state index contributed by atoms with van der Waals surface area (Å²) < 4.78 is 6.21. The quantitative estimate of drug-likeness (QED) is 0.497. The molecule has 0 saturated carbocycles. The van der Waals surface area contributed by atoms with Crippen molar-refractivity contribution in [2.45, 2.75) is 17.4 Å². The van der Waals surface area contributed by atoms with Crippen LogP contribution in [0.4, 0.5) is 0 Å². The van der Waals surface area contributed by atoms with Gasteiger partial charge in [0.15, 0.2) is 10.3 Å². The van der Waals surface area contributed by atoms with Gasteiger partial charge in [-0.1, -0.05) is 23.1 Å². The molecule has 0 atom stereocenters. The van der Waals surface area contributed by atoms with Crippen LogP contribution in [-0.2, 0) is 13.1 Å². The molecule has 0 amide bonds. The molecule has 2 rings (SSSR count). The number of guanidine groups is 1. The van der Waals surface area contributed by atoms with E-state index in [1.807, 2.05) is 18.4 Å². The summed E-state index contributed by atoms with van der Waals surface area (Å²) in [4.78, 5) is 4.13. The summed E-state index contributed by atoms with van der Waals surface area (Å²) in [6.07, 6.45) is 3.64. The Hall–Kier alpha value is -1.54. The molecule has 0 aliphatic carbocycles. The van der Waals surface area contributed by atoms with E-state index < -0.39 is 0 Å². The zero-order valence-electron chi connectivity index (χ0n) is 10.7. The third-order valence-corrected chi connectivity index (χ3v) is 4.16. The van der Waals surface area contributed by atoms with Gasteiger partial charge in [0, 0.05) is 7.05 Å². The summed E-state index contributed by atoms with van der Waals surface area (Å²) in [6.45, 7) is 1.20. The summed E-state index contributed by atoms with van der Waals surface area (Å²) in [5, 5.41) is 15.4. The Morgan fingerprint density at radius 1 is 1.42 bits per heavy atom. The molecule has 2 aromatic rings. The second-order valence-electron chi connectivity index (χ2n) is 3.52. The SMILES string of the molecule is CN=C(NCc1ccco1)NCc1nnc(SC)s1. The fraction of sp³-hybridized carbons (Fsp3) is 0.364. The first kappa shape index (κ1) is 13.9. The van der Waals surface area contributed by atoms with Gasteiger partial charge in [-0.05, 0) is 18.4 Å². The average Bonchev–Trinajstić information content (AvgIpc) is 3.10. The Morgan fingerprint density at radius 2 is 2.26 bits per heavy atom. The Kier molecular flexibility index (Phi) is 5.22. The molecular formula is C11H15N5OS2. The van der Waals surface area contributed by atoms with Crippen molar-refractivity contribution in [2.24, 2.45) is 4.99 Å². The Morgan fingerprint density at radius 3 is 2.89 bits per heavy atom. The van der Waals surface area contributed by atoms with E-state index in [0.717, 1.165) is 15.1 Å². The number of nitrogens with one attached hydrogen (secondary N) is 2. The van der Waals surface area contributed by atoms with E-state index in [2.05, 4.69) is 25.8 Å². The zero-order valence-corrected chi connectivity index (χ0v) is 12.3. The monoisotopic (exact) mass is 297 g/mol. The van der Waals surface area contributed by atoms with Gasteiger partial charge >= 0.3 is 0 Å². The first-order valence-corrected chi connectivity index (χ1v) is 7.69. The van der Waals surface area contributed by atoms with Crippen LogP contribution in [0.5, 0.6) is 0 Å². The van der Waals surface area contributed by atoms with Gasteiger partial charge in [-0.25, -0.2) is 0 Å². The van der Waals surface area contributed by atoms with Crippen LogP contribution in [-0.4, -0.2) is 29.5 Å². The third kappa shape index (κ3) is 4.25. The number of hydrogen-bond donors (Lipinski definition) is 2. The van der Waals surface area contributed by atoms with Gasteiger partial charge in [-0.3, -0.25) is 4.99 Å². The van der Waals surface area contributed by atoms with Gasteiger partial charge in [0.25, 0.3) is 0 Å². The lowest BCUT2D eigenvalue weighted by molar-refractivity contribution is 0.501. The third-order valence-electron chi connectivity index (χ3n) is 2.26. The van der Waals surface area contributed by atoms with Gasteiger partial charge in [-0.2, -0.15) is 0 Å². The molecule has 0 unspecified atom stereocenters. The highest BCUT2D eigenvalue weighted by Crippen LogP contribution is 2.18. The van der Waals surface area contributed by atoms with Crippen LogP contribution in [0.25, 0.3) is 0 Å². The molecule has 0 aliphatic rings. The van der Waals surface area contributed by atoms with Crippen molar-refractivity contribution >= 4 is 29.1 Å². The fourth-order valence-corrected chi connectivity index (χ4v) is 2.61. The smallest absolute Gasteiger partial charge is 0.191 e. The maximum Gasteiger partial charge on any atom is 0.191 e. The highest BCUT2D eigenvalue weighted by atomic mass is 32.2. The highest BCUT2D eigenvalue weighted by Gasteiger charge is 2.04. The Bertz CT molecular complexity index is 523. The summed E-state index contributed by atoms with van der Waals surface area (Å²) in [6, 6.07) is 3.77. The van der Waals surface area contributed by atoms with E-state index in [1.165, 1.54) is 0 Å². The van der Waals surface area contributed by atoms with Crippen molar-refractivity contribution < 1.29 is 4.42 Å². The van der Waals surface area contributed by atoms with Crippen molar-refractivity contribution in [3.8, 4) is 0 Å². The number of aliphatic imine (C=N–C) groups is 1. The van der Waals surface area contributed by atoms with E-state index in [9.17, 15) is 0 Å². The number of rotatable bonds is 5. The Balaban J connectivity index is 1.79. The summed E-state index contributed by atoms with van der Waals surface area (Å²) in [5.74, 6) is 1.57. The minimum atomic E-state index is 0.596. The normalized spacial score (nSPS) is 11.6. The molecule has 0 fully saturated rings. The Labute approximate surface area is 119 Å². The molecular weight excluding hydrogens is 282 g/mol. The van der Waals surface area contributed by atoms with Crippen LogP contribution in [0.15, 0.2) is 32.1 Å². The van der Waals surface area contributed by atoms with Crippen molar-refractivity contribution in [3.05, 3.63) is 29.2 Å². The van der Waals surface area contributed by atoms with Gasteiger partial charge in [-0.15, -0.1) is 10.2 Å². The van der Waals surface area contributed by atoms with Gasteiger partial charge in [0.2, 0.25) is 0 Å². The second-order valence-corrected chi connectivity index (χ2v) is 5.64. The lowest BCUT2D eigenvalue weighted by Gasteiger charge is -2.09. The predicted molar refractivity (Wildman–Crippen MR) is 77.4 cm³/mol. The average molecular weight is 297 g/mol. The first-order chi connectivity index (χ1) is 9.31. The summed E-state index contributed by atoms with van der Waals surface area (Å²) >= 11 is 3.18. The first-order valence-electron chi connectivity index (χ1n) is 5.65. The minimum Gasteiger partial charge on any atom is -0.467 e. The molecule has 0 aliphatic heterocycles. The number of furan rings is 1. The molecule has 2 heterocycles. The maximum absolute atomic E-state index is 5.24. The van der Waals surface area contributed by atoms with Crippen LogP contribution in [0.2, 0.25) is 0 Å². The lowest BCUT2D eigenvalue weighted by atomic mass is 10.4. The molecule has 0 saturated heterocycles. The predicted octanol–water partition coefficient (Wildman–Crippen LogP) is 1.72. The van der Waals surface area contributed by atoms with Crippen LogP contribution >= 0.6 is 23.1 Å². The van der Waals surface area contributed by atoms with E-state index in [4.69, 9.17) is 4.42 Å². The number of aromatic nitrogens is 2. The largest absolute Gasteiger partial charge is 0.467 e. The van der Waals surface area contributed by atoms with Crippen molar-refractivity contribution in [1.82, 2.24) is 20.8 Å². The van der Waals surface area contributed by atoms with Crippen LogP contribution < -0.4 is 10.6 Å². The van der Waals surface area contributed by atoms with Gasteiger partial charge < -0.3 is 15.1 Å². The van der Waals surface area contributed by atoms with Gasteiger partial charge in [0.05, 0.1) is 19.4 Å². The summed E-state index contributed by atoms with van der Waals surface area (Å²) in [5.41, 5.74) is 0. The standard InChI is InChI=1S/C11H15N5OS2/c1-12-10(13-6-8-4-3-5-17-8)14-7-9-15-16-11(18-2)19-9/h3-5H,6-7H2,1-2H3,(H2,12,13,14). The highest BCUT2D eigenvalue weighted by molar-refractivity contribution is 8.00. The zero-order chi connectivity index (χ0) is 13.5. The van der Waals surface area contributed by atoms with E-state index >= 15 is 0 Å². The fourth-order valence-electron chi connectivity index (χ4n) is 1.36. The lowest BCUT2D eigenvalue weighted by Crippen LogP contribution is -2.36. The molecule has 2 N–H and O–H groups in total. The molecule has 102 valence electrons.